The standard InChI is InChI=1S/C40H46N6O4/c1-28-26-30(2-12-37(28)45-18-15-36(47)16-19-45)39(48)42-34-8-4-32(5-9-34)41-33-6-10-35(11-7-33)43-40(49)31-3-13-38-29(27-31)14-17-46(38)21-20-44-22-24-50-25-23-44/h2-14,17,27-28,36,41,47H,15-16,18-26H2,1H3,(H,42,48)(H,43,49). The first-order valence-electron chi connectivity index (χ1n) is 17.7. The summed E-state index contributed by atoms with van der Waals surface area (Å²) < 4.78 is 7.70. The molecular formula is C40H46N6O4. The van der Waals surface area contributed by atoms with Gasteiger partial charge in [-0.1, -0.05) is 13.0 Å². The number of benzene rings is 3. The van der Waals surface area contributed by atoms with Crippen molar-refractivity contribution in [2.75, 3.05) is 61.9 Å². The summed E-state index contributed by atoms with van der Waals surface area (Å²) in [6, 6.07) is 23.2. The Morgan fingerprint density at radius 2 is 1.42 bits per heavy atom. The molecule has 4 aromatic rings. The highest BCUT2D eigenvalue weighted by Gasteiger charge is 2.26. The van der Waals surface area contributed by atoms with E-state index in [1.807, 2.05) is 72.8 Å². The molecule has 7 rings (SSSR count). The van der Waals surface area contributed by atoms with Crippen molar-refractivity contribution in [1.82, 2.24) is 14.4 Å². The molecule has 1 aromatic heterocycles. The van der Waals surface area contributed by atoms with Gasteiger partial charge in [-0.05, 0) is 98.1 Å². The van der Waals surface area contributed by atoms with Crippen LogP contribution in [0.25, 0.3) is 10.9 Å². The average molecular weight is 675 g/mol. The first kappa shape index (κ1) is 33.6. The minimum absolute atomic E-state index is 0.0858. The number of ether oxygens (including phenoxy) is 1. The highest BCUT2D eigenvalue weighted by atomic mass is 16.5. The van der Waals surface area contributed by atoms with Crippen molar-refractivity contribution < 1.29 is 19.4 Å². The van der Waals surface area contributed by atoms with Gasteiger partial charge in [0.05, 0.1) is 19.3 Å². The minimum Gasteiger partial charge on any atom is -0.393 e. The van der Waals surface area contributed by atoms with Crippen LogP contribution in [0.4, 0.5) is 22.7 Å². The largest absolute Gasteiger partial charge is 0.393 e. The molecular weight excluding hydrogens is 628 g/mol. The summed E-state index contributed by atoms with van der Waals surface area (Å²) in [6.45, 7) is 9.30. The second kappa shape index (κ2) is 15.3. The third-order valence-corrected chi connectivity index (χ3v) is 9.98. The molecule has 2 fully saturated rings. The van der Waals surface area contributed by atoms with Gasteiger partial charge >= 0.3 is 0 Å². The van der Waals surface area contributed by atoms with Crippen LogP contribution >= 0.6 is 0 Å². The Labute approximate surface area is 293 Å². The van der Waals surface area contributed by atoms with E-state index in [1.165, 1.54) is 5.70 Å². The third kappa shape index (κ3) is 8.10. The van der Waals surface area contributed by atoms with Crippen LogP contribution in [0.3, 0.4) is 0 Å². The molecule has 1 aliphatic carbocycles. The summed E-state index contributed by atoms with van der Waals surface area (Å²) in [4.78, 5) is 30.9. The summed E-state index contributed by atoms with van der Waals surface area (Å²) in [7, 11) is 0. The van der Waals surface area contributed by atoms with Crippen molar-refractivity contribution in [1.29, 1.82) is 0 Å². The Hall–Kier alpha value is -4.90. The molecule has 2 aliphatic heterocycles. The molecule has 10 heteroatoms. The maximum absolute atomic E-state index is 13.1. The van der Waals surface area contributed by atoms with Gasteiger partial charge in [-0.15, -0.1) is 0 Å². The van der Waals surface area contributed by atoms with Crippen LogP contribution < -0.4 is 16.0 Å². The molecule has 0 spiro atoms. The lowest BCUT2D eigenvalue weighted by Gasteiger charge is -2.37. The van der Waals surface area contributed by atoms with E-state index in [0.29, 0.717) is 17.7 Å². The number of hydrogen-bond donors (Lipinski definition) is 4. The zero-order chi connectivity index (χ0) is 34.5. The van der Waals surface area contributed by atoms with Gasteiger partial charge < -0.3 is 35.3 Å². The van der Waals surface area contributed by atoms with Gasteiger partial charge in [-0.3, -0.25) is 14.5 Å². The number of carbonyl (C=O) groups excluding carboxylic acids is 2. The molecule has 260 valence electrons. The Morgan fingerprint density at radius 1 is 0.780 bits per heavy atom. The number of aliphatic hydroxyl groups is 1. The van der Waals surface area contributed by atoms with E-state index in [9.17, 15) is 14.7 Å². The van der Waals surface area contributed by atoms with Crippen LogP contribution in [0.2, 0.25) is 0 Å². The van der Waals surface area contributed by atoms with Gasteiger partial charge in [0.25, 0.3) is 11.8 Å². The van der Waals surface area contributed by atoms with E-state index in [0.717, 1.165) is 98.9 Å². The fourth-order valence-electron chi connectivity index (χ4n) is 7.03. The molecule has 4 N–H and O–H groups in total. The molecule has 2 amide bonds. The SMILES string of the molecule is CC1CC(C(=O)Nc2ccc(Nc3ccc(NC(=O)c4ccc5c(ccn5CCN5CCOCC5)c4)cc3)cc2)=CC=C1N1CCC(O)CC1. The number of rotatable bonds is 10. The molecule has 0 bridgehead atoms. The smallest absolute Gasteiger partial charge is 0.255 e. The van der Waals surface area contributed by atoms with Crippen molar-refractivity contribution in [3.63, 3.8) is 0 Å². The lowest BCUT2D eigenvalue weighted by molar-refractivity contribution is -0.113. The van der Waals surface area contributed by atoms with E-state index in [2.05, 4.69) is 55.6 Å². The van der Waals surface area contributed by atoms with E-state index in [-0.39, 0.29) is 23.8 Å². The summed E-state index contributed by atoms with van der Waals surface area (Å²) in [5, 5.41) is 20.3. The van der Waals surface area contributed by atoms with E-state index < -0.39 is 0 Å². The maximum Gasteiger partial charge on any atom is 0.255 e. The van der Waals surface area contributed by atoms with E-state index >= 15 is 0 Å². The summed E-state index contributed by atoms with van der Waals surface area (Å²) in [5.41, 5.74) is 6.97. The zero-order valence-corrected chi connectivity index (χ0v) is 28.6. The van der Waals surface area contributed by atoms with Crippen molar-refractivity contribution >= 4 is 45.5 Å². The Morgan fingerprint density at radius 3 is 2.08 bits per heavy atom. The van der Waals surface area contributed by atoms with Gasteiger partial charge in [0.1, 0.15) is 0 Å². The molecule has 3 aromatic carbocycles. The maximum atomic E-state index is 13.1. The number of hydrogen-bond acceptors (Lipinski definition) is 7. The molecule has 10 nitrogen and oxygen atoms in total. The number of aliphatic hydroxyl groups excluding tert-OH is 1. The topological polar surface area (TPSA) is 111 Å². The third-order valence-electron chi connectivity index (χ3n) is 9.98. The first-order valence-corrected chi connectivity index (χ1v) is 17.7. The van der Waals surface area contributed by atoms with Gasteiger partial charge in [0.2, 0.25) is 0 Å². The summed E-state index contributed by atoms with van der Waals surface area (Å²) in [5.74, 6) is 0.0162. The number of piperidine rings is 1. The number of aromatic nitrogens is 1. The highest BCUT2D eigenvalue weighted by Crippen LogP contribution is 2.30. The fourth-order valence-corrected chi connectivity index (χ4v) is 7.03. The molecule has 3 aliphatic rings. The van der Waals surface area contributed by atoms with Gasteiger partial charge in [-0.2, -0.15) is 0 Å². The van der Waals surface area contributed by atoms with Crippen molar-refractivity contribution in [2.24, 2.45) is 5.92 Å². The monoisotopic (exact) mass is 674 g/mol. The minimum atomic E-state index is -0.201. The summed E-state index contributed by atoms with van der Waals surface area (Å²) >= 11 is 0. The molecule has 0 radical (unpaired) electrons. The Kier molecular flexibility index (Phi) is 10.3. The molecule has 0 saturated carbocycles. The lowest BCUT2D eigenvalue weighted by atomic mass is 9.90. The van der Waals surface area contributed by atoms with Crippen molar-refractivity contribution in [3.05, 3.63) is 108 Å². The molecule has 3 heterocycles. The predicted octanol–water partition coefficient (Wildman–Crippen LogP) is 6.21. The Bertz CT molecular complexity index is 1870. The Balaban J connectivity index is 0.894. The number of fused-ring (bicyclic) bond motifs is 1. The number of amides is 2. The molecule has 1 unspecified atom stereocenters. The van der Waals surface area contributed by atoms with Crippen LogP contribution in [0, 0.1) is 5.92 Å². The van der Waals surface area contributed by atoms with Crippen molar-refractivity contribution in [3.8, 4) is 0 Å². The predicted molar refractivity (Wildman–Crippen MR) is 199 cm³/mol. The summed E-state index contributed by atoms with van der Waals surface area (Å²) in [6.07, 6.45) is 8.16. The molecule has 50 heavy (non-hydrogen) atoms. The van der Waals surface area contributed by atoms with Crippen LogP contribution in [-0.4, -0.2) is 83.3 Å². The average Bonchev–Trinajstić information content (AvgIpc) is 3.55. The highest BCUT2D eigenvalue weighted by molar-refractivity contribution is 6.06. The number of anilines is 4. The molecule has 2 saturated heterocycles. The van der Waals surface area contributed by atoms with E-state index in [1.54, 1.807) is 0 Å². The number of morpholine rings is 1. The van der Waals surface area contributed by atoms with Crippen LogP contribution in [-0.2, 0) is 16.1 Å². The van der Waals surface area contributed by atoms with Crippen molar-refractivity contribution in [2.45, 2.75) is 38.8 Å². The van der Waals surface area contributed by atoms with Crippen LogP contribution in [0.15, 0.2) is 102 Å². The lowest BCUT2D eigenvalue weighted by Crippen LogP contribution is -2.38. The number of allylic oxidation sites excluding steroid dienone is 3. The van der Waals surface area contributed by atoms with E-state index in [4.69, 9.17) is 4.74 Å². The van der Waals surface area contributed by atoms with Gasteiger partial charge in [0.15, 0.2) is 0 Å². The second-order valence-electron chi connectivity index (χ2n) is 13.5. The van der Waals surface area contributed by atoms with Crippen LogP contribution in [0.5, 0.6) is 0 Å². The van der Waals surface area contributed by atoms with Gasteiger partial charge in [-0.25, -0.2) is 0 Å². The van der Waals surface area contributed by atoms with Crippen LogP contribution in [0.1, 0.15) is 36.5 Å². The molecule has 1 atom stereocenters. The number of carbonyl (C=O) groups is 2. The first-order chi connectivity index (χ1) is 24.4. The number of nitrogens with zero attached hydrogens (tertiary/aromatic N) is 3. The normalized spacial score (nSPS) is 18.8. The fraction of sp³-hybridized carbons (Fsp3) is 0.350. The quantitative estimate of drug-likeness (QED) is 0.158. The zero-order valence-electron chi connectivity index (χ0n) is 28.6. The number of nitrogens with one attached hydrogen (secondary N) is 3. The number of likely N-dealkylation sites (tertiary alicyclic amines) is 1. The van der Waals surface area contributed by atoms with Gasteiger partial charge in [0, 0.05) is 102 Å². The second-order valence-corrected chi connectivity index (χ2v) is 13.5.